The van der Waals surface area contributed by atoms with E-state index in [0.29, 0.717) is 38.6 Å². The Bertz CT molecular complexity index is 828. The highest BCUT2D eigenvalue weighted by atomic mass is 35.5. The number of ether oxygens (including phenoxy) is 1. The Morgan fingerprint density at radius 3 is 2.70 bits per heavy atom. The minimum Gasteiger partial charge on any atom is -0.484 e. The van der Waals surface area contributed by atoms with Gasteiger partial charge in [-0.25, -0.2) is 4.39 Å². The second-order valence-corrected chi connectivity index (χ2v) is 9.91. The van der Waals surface area contributed by atoms with Crippen LogP contribution in [0.25, 0.3) is 0 Å². The third kappa shape index (κ3) is 4.39. The molecule has 4 N–H and O–H groups in total. The van der Waals surface area contributed by atoms with Crippen LogP contribution >= 0.6 is 23.4 Å². The van der Waals surface area contributed by atoms with Crippen LogP contribution in [0.3, 0.4) is 0 Å². The molecule has 1 aliphatic heterocycles. The van der Waals surface area contributed by atoms with Crippen molar-refractivity contribution in [2.75, 3.05) is 19.0 Å². The molecule has 0 radical (unpaired) electrons. The summed E-state index contributed by atoms with van der Waals surface area (Å²) in [6.45, 7) is 0.371. The van der Waals surface area contributed by atoms with Crippen molar-refractivity contribution in [3.63, 3.8) is 0 Å². The third-order valence-corrected chi connectivity index (χ3v) is 7.83. The third-order valence-electron chi connectivity index (χ3n) is 6.37. The Labute approximate surface area is 183 Å². The van der Waals surface area contributed by atoms with Crippen molar-refractivity contribution in [3.8, 4) is 5.75 Å². The van der Waals surface area contributed by atoms with E-state index in [1.54, 1.807) is 11.8 Å². The van der Waals surface area contributed by atoms with Crippen LogP contribution in [0.1, 0.15) is 32.1 Å². The lowest BCUT2D eigenvalue weighted by Gasteiger charge is -2.56. The average molecular weight is 458 g/mol. The zero-order valence-corrected chi connectivity index (χ0v) is 18.0. The summed E-state index contributed by atoms with van der Waals surface area (Å²) < 4.78 is 18.8. The first-order valence-electron chi connectivity index (χ1n) is 10.0. The van der Waals surface area contributed by atoms with Gasteiger partial charge in [0.05, 0.1) is 21.9 Å². The number of halogens is 2. The fourth-order valence-corrected chi connectivity index (χ4v) is 5.61. The van der Waals surface area contributed by atoms with Crippen LogP contribution in [-0.4, -0.2) is 58.4 Å². The minimum atomic E-state index is -0.758. The molecule has 2 amide bonds. The Balaban J connectivity index is 1.32. The number of hydrogen-bond donors (Lipinski definition) is 4. The molecule has 7 nitrogen and oxygen atoms in total. The van der Waals surface area contributed by atoms with Gasteiger partial charge in [-0.2, -0.15) is 0 Å². The summed E-state index contributed by atoms with van der Waals surface area (Å²) in [5.74, 6) is -0.00431. The Kier molecular flexibility index (Phi) is 6.16. The number of benzene rings is 1. The normalized spacial score (nSPS) is 32.6. The predicted octanol–water partition coefficient (Wildman–Crippen LogP) is 1.57. The van der Waals surface area contributed by atoms with Gasteiger partial charge in [0.1, 0.15) is 11.6 Å². The van der Waals surface area contributed by atoms with Crippen molar-refractivity contribution in [2.24, 2.45) is 0 Å². The van der Waals surface area contributed by atoms with Crippen LogP contribution in [0.15, 0.2) is 18.2 Å². The van der Waals surface area contributed by atoms with Crippen LogP contribution in [0, 0.1) is 5.82 Å². The van der Waals surface area contributed by atoms with E-state index < -0.39 is 23.0 Å². The molecule has 1 heterocycles. The zero-order chi connectivity index (χ0) is 21.4. The molecule has 0 aromatic heterocycles. The molecule has 30 heavy (non-hydrogen) atoms. The summed E-state index contributed by atoms with van der Waals surface area (Å²) in [4.78, 5) is 25.0. The summed E-state index contributed by atoms with van der Waals surface area (Å²) >= 11 is 7.23. The van der Waals surface area contributed by atoms with E-state index >= 15 is 0 Å². The van der Waals surface area contributed by atoms with Gasteiger partial charge in [-0.15, -0.1) is 11.8 Å². The van der Waals surface area contributed by atoms with Gasteiger partial charge in [0.15, 0.2) is 6.61 Å². The molecule has 2 atom stereocenters. The van der Waals surface area contributed by atoms with E-state index in [0.717, 1.165) is 11.9 Å². The van der Waals surface area contributed by atoms with E-state index in [9.17, 15) is 19.1 Å². The number of hydrogen-bond acceptors (Lipinski definition) is 6. The fourth-order valence-electron chi connectivity index (χ4n) is 4.61. The van der Waals surface area contributed by atoms with Crippen LogP contribution in [0.5, 0.6) is 5.75 Å². The molecule has 0 spiro atoms. The highest BCUT2D eigenvalue weighted by Crippen LogP contribution is 2.47. The van der Waals surface area contributed by atoms with Crippen molar-refractivity contribution in [2.45, 2.75) is 54.5 Å². The van der Waals surface area contributed by atoms with Crippen molar-refractivity contribution in [1.29, 1.82) is 0 Å². The summed E-state index contributed by atoms with van der Waals surface area (Å²) in [5, 5.41) is 20.0. The van der Waals surface area contributed by atoms with Crippen molar-refractivity contribution in [1.82, 2.24) is 16.0 Å². The topological polar surface area (TPSA) is 99.7 Å². The molecule has 4 aliphatic rings. The first kappa shape index (κ1) is 21.7. The van der Waals surface area contributed by atoms with Gasteiger partial charge in [-0.3, -0.25) is 9.59 Å². The lowest BCUT2D eigenvalue weighted by Crippen LogP contribution is -2.70. The van der Waals surface area contributed by atoms with Crippen molar-refractivity contribution in [3.05, 3.63) is 29.0 Å². The van der Waals surface area contributed by atoms with Gasteiger partial charge in [0.2, 0.25) is 5.91 Å². The van der Waals surface area contributed by atoms with Crippen molar-refractivity contribution >= 4 is 35.2 Å². The monoisotopic (exact) mass is 457 g/mol. The lowest BCUT2D eigenvalue weighted by atomic mass is 9.60. The Morgan fingerprint density at radius 2 is 2.07 bits per heavy atom. The first-order chi connectivity index (χ1) is 14.3. The minimum absolute atomic E-state index is 0.0132. The average Bonchev–Trinajstić information content (AvgIpc) is 3.25. The predicted molar refractivity (Wildman–Crippen MR) is 112 cm³/mol. The van der Waals surface area contributed by atoms with E-state index in [1.165, 1.54) is 12.1 Å². The molecular formula is C20H25ClFN3O4S. The molecule has 3 aliphatic carbocycles. The zero-order valence-electron chi connectivity index (χ0n) is 16.4. The van der Waals surface area contributed by atoms with Crippen LogP contribution in [0.4, 0.5) is 4.39 Å². The number of thioether (sulfide) groups is 1. The van der Waals surface area contributed by atoms with E-state index in [2.05, 4.69) is 16.0 Å². The maximum absolute atomic E-state index is 13.5. The number of rotatable bonds is 6. The maximum Gasteiger partial charge on any atom is 0.258 e. The molecular weight excluding hydrogens is 433 g/mol. The molecule has 4 fully saturated rings. The lowest BCUT2D eigenvalue weighted by molar-refractivity contribution is -0.136. The Hall–Kier alpha value is -1.55. The fraction of sp³-hybridized carbons (Fsp3) is 0.600. The second kappa shape index (κ2) is 8.53. The SMILES string of the molecule is O=C(COc1ccc(Cl)c(F)c1)NC12CCC(NC(=O)C3CNCS3)(CC1)CC2O. The largest absolute Gasteiger partial charge is 0.484 e. The number of carbonyl (C=O) groups excluding carboxylic acids is 2. The first-order valence-corrected chi connectivity index (χ1v) is 11.4. The van der Waals surface area contributed by atoms with Gasteiger partial charge >= 0.3 is 0 Å². The van der Waals surface area contributed by atoms with Crippen LogP contribution in [-0.2, 0) is 9.59 Å². The standard InChI is InChI=1S/C20H25ClFN3O4S/c21-13-2-1-12(7-14(13)22)29-10-17(27)24-20-5-3-19(4-6-20,8-16(20)26)25-18(28)15-9-23-11-30-15/h1-2,7,15-16,23,26H,3-6,8-11H2,(H,24,27)(H,25,28). The number of fused-ring (bicyclic) bond motifs is 3. The van der Waals surface area contributed by atoms with Gasteiger partial charge in [-0.05, 0) is 44.2 Å². The van der Waals surface area contributed by atoms with Gasteiger partial charge in [0, 0.05) is 24.0 Å². The quantitative estimate of drug-likeness (QED) is 0.517. The molecule has 1 aromatic carbocycles. The number of nitrogens with one attached hydrogen (secondary N) is 3. The van der Waals surface area contributed by atoms with Gasteiger partial charge < -0.3 is 25.8 Å². The number of aliphatic hydroxyl groups is 1. The van der Waals surface area contributed by atoms with E-state index in [-0.39, 0.29) is 34.4 Å². The molecule has 3 saturated carbocycles. The number of carbonyl (C=O) groups is 2. The highest BCUT2D eigenvalue weighted by Gasteiger charge is 2.55. The number of aliphatic hydroxyl groups excluding tert-OH is 1. The van der Waals surface area contributed by atoms with Gasteiger partial charge in [0.25, 0.3) is 5.91 Å². The molecule has 10 heteroatoms. The van der Waals surface area contributed by atoms with Gasteiger partial charge in [-0.1, -0.05) is 11.6 Å². The summed E-state index contributed by atoms with van der Waals surface area (Å²) in [6, 6.07) is 3.98. The Morgan fingerprint density at radius 1 is 1.30 bits per heavy atom. The highest BCUT2D eigenvalue weighted by molar-refractivity contribution is 8.00. The van der Waals surface area contributed by atoms with Crippen LogP contribution in [0.2, 0.25) is 5.02 Å². The van der Waals surface area contributed by atoms with E-state index in [1.807, 2.05) is 0 Å². The molecule has 2 bridgehead atoms. The van der Waals surface area contributed by atoms with Crippen LogP contribution < -0.4 is 20.7 Å². The maximum atomic E-state index is 13.5. The summed E-state index contributed by atoms with van der Waals surface area (Å²) in [5.41, 5.74) is -1.13. The number of amides is 2. The molecule has 164 valence electrons. The molecule has 5 rings (SSSR count). The summed E-state index contributed by atoms with van der Waals surface area (Å²) in [7, 11) is 0. The molecule has 1 aromatic rings. The molecule has 1 saturated heterocycles. The molecule has 2 unspecified atom stereocenters. The second-order valence-electron chi connectivity index (χ2n) is 8.31. The smallest absolute Gasteiger partial charge is 0.258 e. The van der Waals surface area contributed by atoms with Crippen molar-refractivity contribution < 1.29 is 23.8 Å². The van der Waals surface area contributed by atoms with E-state index in [4.69, 9.17) is 16.3 Å². The summed E-state index contributed by atoms with van der Waals surface area (Å²) in [6.07, 6.45) is 2.20.